The lowest BCUT2D eigenvalue weighted by molar-refractivity contribution is 0.591. The van der Waals surface area contributed by atoms with Gasteiger partial charge < -0.3 is 4.57 Å². The van der Waals surface area contributed by atoms with Crippen LogP contribution in [0.5, 0.6) is 0 Å². The Bertz CT molecular complexity index is 583. The molecule has 0 saturated carbocycles. The summed E-state index contributed by atoms with van der Waals surface area (Å²) < 4.78 is 13.6. The van der Waals surface area contributed by atoms with Gasteiger partial charge in [-0.05, 0) is 6.92 Å². The van der Waals surface area contributed by atoms with E-state index >= 15 is 0 Å². The van der Waals surface area contributed by atoms with Crippen LogP contribution in [0.1, 0.15) is 6.92 Å². The second-order valence-corrected chi connectivity index (χ2v) is 6.97. The minimum atomic E-state index is -2.79. The van der Waals surface area contributed by atoms with Gasteiger partial charge in [0.25, 0.3) is 0 Å². The number of allylic oxidation sites excluding steroid dienone is 3. The lowest BCUT2D eigenvalue weighted by Gasteiger charge is -2.20. The zero-order chi connectivity index (χ0) is 13.7. The van der Waals surface area contributed by atoms with Gasteiger partial charge in [0.1, 0.15) is 0 Å². The van der Waals surface area contributed by atoms with Crippen LogP contribution in [0.4, 0.5) is 0 Å². The standard InChI is InChI=1S/C17H17OP/c1-3-15(4-2)19(18,16-11-7-5-8-12-16)17-13-9-6-10-14-17/h3-14H,1H2,2H3/b15-4-. The zero-order valence-electron chi connectivity index (χ0n) is 11.0. The quantitative estimate of drug-likeness (QED) is 0.603. The lowest BCUT2D eigenvalue weighted by atomic mass is 10.4. The average molecular weight is 268 g/mol. The first-order valence-corrected chi connectivity index (χ1v) is 7.94. The SMILES string of the molecule is C=C/C(=C/C)P(=O)(c1ccccc1)c1ccccc1. The molecular formula is C17H17OP. The van der Waals surface area contributed by atoms with Crippen LogP contribution in [-0.2, 0) is 4.57 Å². The molecule has 2 heteroatoms. The summed E-state index contributed by atoms with van der Waals surface area (Å²) in [4.78, 5) is 0. The van der Waals surface area contributed by atoms with Crippen LogP contribution < -0.4 is 10.6 Å². The Balaban J connectivity index is 2.72. The summed E-state index contributed by atoms with van der Waals surface area (Å²) in [6.07, 6.45) is 3.58. The first-order valence-electron chi connectivity index (χ1n) is 6.24. The van der Waals surface area contributed by atoms with Gasteiger partial charge in [0.15, 0.2) is 7.14 Å². The van der Waals surface area contributed by atoms with Crippen LogP contribution in [-0.4, -0.2) is 0 Å². The number of rotatable bonds is 4. The fraction of sp³-hybridized carbons (Fsp3) is 0.0588. The molecule has 1 nitrogen and oxygen atoms in total. The van der Waals surface area contributed by atoms with Gasteiger partial charge in [0.2, 0.25) is 0 Å². The molecule has 0 N–H and O–H groups in total. The summed E-state index contributed by atoms with van der Waals surface area (Å²) >= 11 is 0. The smallest absolute Gasteiger partial charge is 0.170 e. The van der Waals surface area contributed by atoms with E-state index in [2.05, 4.69) is 6.58 Å². The van der Waals surface area contributed by atoms with Gasteiger partial charge in [-0.25, -0.2) is 0 Å². The topological polar surface area (TPSA) is 17.1 Å². The Labute approximate surface area is 114 Å². The molecule has 0 amide bonds. The summed E-state index contributed by atoms with van der Waals surface area (Å²) in [5.74, 6) is 0. The molecule has 2 aromatic rings. The van der Waals surface area contributed by atoms with Crippen LogP contribution in [0.15, 0.2) is 84.7 Å². The van der Waals surface area contributed by atoms with Crippen molar-refractivity contribution >= 4 is 17.8 Å². The summed E-state index contributed by atoms with van der Waals surface area (Å²) in [5, 5.41) is 2.47. The van der Waals surface area contributed by atoms with Crippen LogP contribution in [0.25, 0.3) is 0 Å². The molecule has 0 aromatic heterocycles. The van der Waals surface area contributed by atoms with Crippen molar-refractivity contribution in [1.29, 1.82) is 0 Å². The molecule has 0 atom stereocenters. The third-order valence-electron chi connectivity index (χ3n) is 3.11. The predicted octanol–water partition coefficient (Wildman–Crippen LogP) is 4.09. The van der Waals surface area contributed by atoms with E-state index in [4.69, 9.17) is 0 Å². The van der Waals surface area contributed by atoms with Gasteiger partial charge in [-0.2, -0.15) is 0 Å². The minimum Gasteiger partial charge on any atom is -0.309 e. The van der Waals surface area contributed by atoms with E-state index < -0.39 is 7.14 Å². The van der Waals surface area contributed by atoms with Crippen molar-refractivity contribution in [2.75, 3.05) is 0 Å². The lowest BCUT2D eigenvalue weighted by Crippen LogP contribution is -2.16. The molecule has 19 heavy (non-hydrogen) atoms. The van der Waals surface area contributed by atoms with Gasteiger partial charge in [-0.1, -0.05) is 79.4 Å². The maximum atomic E-state index is 13.6. The maximum Gasteiger partial charge on any atom is 0.170 e. The molecule has 0 aliphatic heterocycles. The molecule has 0 spiro atoms. The van der Waals surface area contributed by atoms with Crippen LogP contribution in [0, 0.1) is 0 Å². The van der Waals surface area contributed by atoms with E-state index in [0.717, 1.165) is 15.9 Å². The largest absolute Gasteiger partial charge is 0.309 e. The highest BCUT2D eigenvalue weighted by molar-refractivity contribution is 7.82. The molecule has 0 fully saturated rings. The van der Waals surface area contributed by atoms with Crippen LogP contribution >= 0.6 is 7.14 Å². The molecule has 0 unspecified atom stereocenters. The van der Waals surface area contributed by atoms with Crippen molar-refractivity contribution in [2.24, 2.45) is 0 Å². The Kier molecular flexibility index (Phi) is 4.19. The Morgan fingerprint density at radius 2 is 1.37 bits per heavy atom. The number of benzene rings is 2. The van der Waals surface area contributed by atoms with E-state index in [1.807, 2.05) is 73.7 Å². The third kappa shape index (κ3) is 2.47. The summed E-state index contributed by atoms with van der Waals surface area (Å²) in [7, 11) is -2.79. The highest BCUT2D eigenvalue weighted by Crippen LogP contribution is 2.51. The van der Waals surface area contributed by atoms with Crippen molar-refractivity contribution in [3.63, 3.8) is 0 Å². The van der Waals surface area contributed by atoms with Crippen molar-refractivity contribution < 1.29 is 4.57 Å². The molecule has 0 heterocycles. The van der Waals surface area contributed by atoms with E-state index in [1.54, 1.807) is 6.08 Å². The summed E-state index contributed by atoms with van der Waals surface area (Å²) in [5.41, 5.74) is 0. The van der Waals surface area contributed by atoms with Gasteiger partial charge in [-0.3, -0.25) is 0 Å². The molecule has 96 valence electrons. The molecule has 0 bridgehead atoms. The van der Waals surface area contributed by atoms with Gasteiger partial charge in [0.05, 0.1) is 0 Å². The molecule has 0 radical (unpaired) electrons. The second kappa shape index (κ2) is 5.86. The zero-order valence-corrected chi connectivity index (χ0v) is 11.9. The van der Waals surface area contributed by atoms with Gasteiger partial charge >= 0.3 is 0 Å². The highest BCUT2D eigenvalue weighted by Gasteiger charge is 2.29. The molecule has 0 aliphatic carbocycles. The van der Waals surface area contributed by atoms with Gasteiger partial charge in [0, 0.05) is 15.9 Å². The molecule has 2 rings (SSSR count). The van der Waals surface area contributed by atoms with Crippen molar-refractivity contribution in [1.82, 2.24) is 0 Å². The Morgan fingerprint density at radius 3 is 1.68 bits per heavy atom. The maximum absolute atomic E-state index is 13.6. The highest BCUT2D eigenvalue weighted by atomic mass is 31.2. The van der Waals surface area contributed by atoms with Gasteiger partial charge in [-0.15, -0.1) is 0 Å². The molecule has 2 aromatic carbocycles. The van der Waals surface area contributed by atoms with E-state index in [-0.39, 0.29) is 0 Å². The number of hydrogen-bond acceptors (Lipinski definition) is 1. The minimum absolute atomic E-state index is 0.782. The predicted molar refractivity (Wildman–Crippen MR) is 83.7 cm³/mol. The molecule has 0 saturated heterocycles. The fourth-order valence-corrected chi connectivity index (χ4v) is 4.85. The Hall–Kier alpha value is -1.85. The van der Waals surface area contributed by atoms with Crippen molar-refractivity contribution in [3.8, 4) is 0 Å². The first-order chi connectivity index (χ1) is 9.23. The van der Waals surface area contributed by atoms with E-state index in [1.165, 1.54) is 0 Å². The normalized spacial score (nSPS) is 12.2. The molecular weight excluding hydrogens is 251 g/mol. The Morgan fingerprint density at radius 1 is 0.947 bits per heavy atom. The van der Waals surface area contributed by atoms with Crippen LogP contribution in [0.2, 0.25) is 0 Å². The number of hydrogen-bond donors (Lipinski definition) is 0. The fourth-order valence-electron chi connectivity index (χ4n) is 2.15. The van der Waals surface area contributed by atoms with Crippen LogP contribution in [0.3, 0.4) is 0 Å². The van der Waals surface area contributed by atoms with Crippen molar-refractivity contribution in [3.05, 3.63) is 84.7 Å². The second-order valence-electron chi connectivity index (χ2n) is 4.20. The summed E-state index contributed by atoms with van der Waals surface area (Å²) in [6.45, 7) is 5.71. The summed E-state index contributed by atoms with van der Waals surface area (Å²) in [6, 6.07) is 19.2. The molecule has 0 aliphatic rings. The first kappa shape index (κ1) is 13.6. The average Bonchev–Trinajstić information content (AvgIpc) is 2.50. The van der Waals surface area contributed by atoms with E-state index in [0.29, 0.717) is 0 Å². The third-order valence-corrected chi connectivity index (χ3v) is 6.33. The monoisotopic (exact) mass is 268 g/mol. The van der Waals surface area contributed by atoms with E-state index in [9.17, 15) is 4.57 Å². The van der Waals surface area contributed by atoms with Crippen molar-refractivity contribution in [2.45, 2.75) is 6.92 Å².